The Kier molecular flexibility index (Phi) is 12.1. The Morgan fingerprint density at radius 3 is 2.28 bits per heavy atom. The first-order chi connectivity index (χ1) is 14.3. The Hall–Kier alpha value is -0.700. The van der Waals surface area contributed by atoms with E-state index in [-0.39, 0.29) is 24.8 Å². The Balaban J connectivity index is 0.000000790. The topological polar surface area (TPSA) is 9.23 Å². The molecule has 0 fully saturated rings. The number of rotatable bonds is 6. The van der Waals surface area contributed by atoms with E-state index in [0.29, 0.717) is 5.92 Å². The standard InChI is InChI=1S/C24H27OSi.C3H6.2ClH.Zr/c1-26(2,3)25-16-8-11-20-17-19-10-5-7-13-22(19)24(20)23-15-14-18-9-4-6-12-21(18)23;1-3-2;;;/h4-7,9-10,12-15,17,24H,8,11,16H2,1-3H3;1-2H3;2*1H;/q-1;;;;+2/p-2. The summed E-state index contributed by atoms with van der Waals surface area (Å²) in [5.74, 6) is 0.387. The van der Waals surface area contributed by atoms with Gasteiger partial charge >= 0.3 is 41.3 Å². The van der Waals surface area contributed by atoms with Gasteiger partial charge in [0.2, 0.25) is 0 Å². The molecule has 0 saturated heterocycles. The van der Waals surface area contributed by atoms with Crippen LogP contribution in [0, 0.1) is 0 Å². The van der Waals surface area contributed by atoms with Gasteiger partial charge in [-0.25, -0.2) is 0 Å². The molecule has 0 aliphatic heterocycles. The van der Waals surface area contributed by atoms with Gasteiger partial charge in [0.25, 0.3) is 0 Å². The molecule has 0 spiro atoms. The molecule has 3 aromatic carbocycles. The van der Waals surface area contributed by atoms with Crippen LogP contribution in [0.25, 0.3) is 16.8 Å². The summed E-state index contributed by atoms with van der Waals surface area (Å²) >= 11 is 1.55. The molecule has 1 unspecified atom stereocenters. The predicted molar refractivity (Wildman–Crippen MR) is 131 cm³/mol. The molecular weight excluding hydrogens is 531 g/mol. The third-order valence-electron chi connectivity index (χ3n) is 5.19. The van der Waals surface area contributed by atoms with Gasteiger partial charge in [-0.3, -0.25) is 0 Å². The minimum atomic E-state index is -1.42. The molecule has 1 aliphatic rings. The first-order valence-electron chi connectivity index (χ1n) is 10.9. The minimum absolute atomic E-state index is 0. The summed E-state index contributed by atoms with van der Waals surface area (Å²) in [6.45, 7) is 11.9. The molecule has 1 nitrogen and oxygen atoms in total. The van der Waals surface area contributed by atoms with E-state index in [1.54, 1.807) is 24.2 Å². The number of allylic oxidation sites excluding steroid dienone is 1. The van der Waals surface area contributed by atoms with E-state index < -0.39 is 8.32 Å². The molecule has 0 saturated carbocycles. The van der Waals surface area contributed by atoms with Gasteiger partial charge in [-0.2, -0.15) is 6.07 Å². The summed E-state index contributed by atoms with van der Waals surface area (Å²) in [6, 6.07) is 22.2. The van der Waals surface area contributed by atoms with Crippen LogP contribution in [0.4, 0.5) is 0 Å². The molecule has 0 aromatic heterocycles. The van der Waals surface area contributed by atoms with E-state index in [1.165, 1.54) is 36.2 Å². The number of fused-ring (bicyclic) bond motifs is 2. The van der Waals surface area contributed by atoms with Crippen molar-refractivity contribution in [3.63, 3.8) is 0 Å². The van der Waals surface area contributed by atoms with Crippen LogP contribution in [0.2, 0.25) is 19.6 Å². The molecule has 1 aliphatic carbocycles. The van der Waals surface area contributed by atoms with Crippen molar-refractivity contribution in [1.29, 1.82) is 0 Å². The number of hydrogen-bond donors (Lipinski definition) is 0. The Labute approximate surface area is 222 Å². The molecular formula is C27H33Cl2OSiZr-. The maximum absolute atomic E-state index is 6.07. The van der Waals surface area contributed by atoms with Gasteiger partial charge in [-0.1, -0.05) is 42.0 Å². The first-order valence-corrected chi connectivity index (χ1v) is 15.5. The fraction of sp³-hybridized carbons (Fsp3) is 0.333. The van der Waals surface area contributed by atoms with E-state index in [1.807, 2.05) is 0 Å². The monoisotopic (exact) mass is 561 g/mol. The smallest absolute Gasteiger partial charge is 0.183 e. The quantitative estimate of drug-likeness (QED) is 0.251. The van der Waals surface area contributed by atoms with E-state index in [9.17, 15) is 0 Å². The maximum Gasteiger partial charge on any atom is 0.183 e. The zero-order chi connectivity index (χ0) is 21.7. The van der Waals surface area contributed by atoms with Gasteiger partial charge in [0.05, 0.1) is 0 Å². The van der Waals surface area contributed by atoms with E-state index in [4.69, 9.17) is 4.43 Å². The molecule has 3 aromatic rings. The van der Waals surface area contributed by atoms with Crippen molar-refractivity contribution in [3.05, 3.63) is 82.9 Å². The van der Waals surface area contributed by atoms with Crippen LogP contribution in [-0.2, 0) is 28.7 Å². The predicted octanol–water partition coefficient (Wildman–Crippen LogP) is 1.47. The third kappa shape index (κ3) is 7.96. The zero-order valence-corrected chi connectivity index (χ0v) is 24.7. The maximum atomic E-state index is 6.07. The molecule has 0 N–H and O–H groups in total. The molecule has 32 heavy (non-hydrogen) atoms. The van der Waals surface area contributed by atoms with Crippen molar-refractivity contribution in [3.8, 4) is 0 Å². The summed E-state index contributed by atoms with van der Waals surface area (Å²) in [7, 11) is -1.42. The Bertz CT molecular complexity index is 1040. The van der Waals surface area contributed by atoms with Crippen LogP contribution in [0.1, 0.15) is 49.3 Å². The summed E-state index contributed by atoms with van der Waals surface area (Å²) in [5.41, 5.74) is 5.80. The van der Waals surface area contributed by atoms with Crippen LogP contribution in [0.5, 0.6) is 0 Å². The Morgan fingerprint density at radius 1 is 0.969 bits per heavy atom. The average molecular weight is 564 g/mol. The second-order valence-electron chi connectivity index (χ2n) is 9.22. The van der Waals surface area contributed by atoms with Crippen LogP contribution in [0.15, 0.2) is 66.2 Å². The van der Waals surface area contributed by atoms with Crippen molar-refractivity contribution < 1.29 is 53.5 Å². The number of hydrogen-bond acceptors (Lipinski definition) is 1. The molecule has 0 radical (unpaired) electrons. The molecule has 5 heteroatoms. The second-order valence-corrected chi connectivity index (χ2v) is 16.2. The van der Waals surface area contributed by atoms with E-state index in [2.05, 4.69) is 100 Å². The fourth-order valence-electron chi connectivity index (χ4n) is 4.05. The van der Waals surface area contributed by atoms with E-state index >= 15 is 0 Å². The minimum Gasteiger partial charge on any atom is -1.00 e. The molecule has 0 heterocycles. The van der Waals surface area contributed by atoms with Gasteiger partial charge in [-0.15, -0.1) is 40.6 Å². The Morgan fingerprint density at radius 2 is 1.59 bits per heavy atom. The first kappa shape index (κ1) is 29.3. The largest absolute Gasteiger partial charge is 1.00 e. The van der Waals surface area contributed by atoms with Crippen molar-refractivity contribution in [2.75, 3.05) is 6.61 Å². The van der Waals surface area contributed by atoms with E-state index in [0.717, 1.165) is 19.4 Å². The van der Waals surface area contributed by atoms with Crippen molar-refractivity contribution >= 4 is 28.4 Å². The van der Waals surface area contributed by atoms with Crippen molar-refractivity contribution in [2.24, 2.45) is 0 Å². The second kappa shape index (κ2) is 13.3. The van der Waals surface area contributed by atoms with Gasteiger partial charge in [0.15, 0.2) is 8.32 Å². The number of benzene rings is 2. The van der Waals surface area contributed by atoms with Crippen molar-refractivity contribution in [1.82, 2.24) is 0 Å². The molecule has 0 bridgehead atoms. The number of halogens is 2. The third-order valence-corrected chi connectivity index (χ3v) is 6.26. The summed E-state index contributed by atoms with van der Waals surface area (Å²) in [4.78, 5) is 0. The van der Waals surface area contributed by atoms with Gasteiger partial charge in [-0.05, 0) is 49.5 Å². The van der Waals surface area contributed by atoms with Gasteiger partial charge < -0.3 is 29.2 Å². The molecule has 170 valence electrons. The summed E-state index contributed by atoms with van der Waals surface area (Å²) in [5, 5.41) is 2.73. The molecule has 0 amide bonds. The molecule has 4 rings (SSSR count). The van der Waals surface area contributed by atoms with Crippen LogP contribution >= 0.6 is 0 Å². The summed E-state index contributed by atoms with van der Waals surface area (Å²) in [6.07, 6.45) is 4.61. The molecule has 1 atom stereocenters. The van der Waals surface area contributed by atoms with Crippen LogP contribution < -0.4 is 24.8 Å². The SMILES string of the molecule is C[C](C)=[Zr+2].C[Si](C)(C)OCCCC1=Cc2ccccc2C1[c-]1ccc2ccccc21.[Cl-].[Cl-]. The van der Waals surface area contributed by atoms with Crippen LogP contribution in [0.3, 0.4) is 0 Å². The normalized spacial score (nSPS) is 14.5. The zero-order valence-electron chi connectivity index (χ0n) is 19.7. The van der Waals surface area contributed by atoms with Crippen molar-refractivity contribution in [2.45, 2.75) is 52.2 Å². The van der Waals surface area contributed by atoms with Gasteiger partial charge in [0.1, 0.15) is 0 Å². The average Bonchev–Trinajstić information content (AvgIpc) is 3.24. The summed E-state index contributed by atoms with van der Waals surface area (Å²) < 4.78 is 7.58. The fourth-order valence-corrected chi connectivity index (χ4v) is 4.81. The van der Waals surface area contributed by atoms with Crippen LogP contribution in [-0.4, -0.2) is 18.1 Å². The van der Waals surface area contributed by atoms with Gasteiger partial charge in [0, 0.05) is 6.61 Å².